The summed E-state index contributed by atoms with van der Waals surface area (Å²) in [6, 6.07) is 11.8. The molecule has 17 heavy (non-hydrogen) atoms. The number of hydrogen-bond acceptors (Lipinski definition) is 3. The van der Waals surface area contributed by atoms with Crippen LogP contribution in [0.2, 0.25) is 5.22 Å². The molecule has 90 valence electrons. The van der Waals surface area contributed by atoms with Crippen LogP contribution in [0, 0.1) is 6.92 Å². The van der Waals surface area contributed by atoms with E-state index < -0.39 is 0 Å². The summed E-state index contributed by atoms with van der Waals surface area (Å²) >= 11 is 5.75. The lowest BCUT2D eigenvalue weighted by Crippen LogP contribution is -2.29. The van der Waals surface area contributed by atoms with Crippen molar-refractivity contribution in [1.82, 2.24) is 5.43 Å². The summed E-state index contributed by atoms with van der Waals surface area (Å²) in [6.45, 7) is 2.07. The van der Waals surface area contributed by atoms with Gasteiger partial charge in [-0.1, -0.05) is 29.8 Å². The lowest BCUT2D eigenvalue weighted by Gasteiger charge is -2.13. The van der Waals surface area contributed by atoms with Crippen LogP contribution >= 0.6 is 11.6 Å². The molecule has 0 aliphatic heterocycles. The van der Waals surface area contributed by atoms with Gasteiger partial charge in [-0.15, -0.1) is 0 Å². The second-order valence-corrected chi connectivity index (χ2v) is 4.43. The van der Waals surface area contributed by atoms with Crippen molar-refractivity contribution in [3.05, 3.63) is 58.5 Å². The Morgan fingerprint density at radius 2 is 2.18 bits per heavy atom. The predicted molar refractivity (Wildman–Crippen MR) is 68.7 cm³/mol. The van der Waals surface area contributed by atoms with Crippen LogP contribution in [-0.2, 0) is 6.42 Å². The number of furan rings is 1. The number of nitrogens with one attached hydrogen (secondary N) is 1. The van der Waals surface area contributed by atoms with Crippen LogP contribution in [0.25, 0.3) is 0 Å². The van der Waals surface area contributed by atoms with E-state index in [1.807, 2.05) is 12.1 Å². The zero-order chi connectivity index (χ0) is 12.3. The van der Waals surface area contributed by atoms with Crippen LogP contribution in [0.4, 0.5) is 0 Å². The van der Waals surface area contributed by atoms with E-state index in [0.29, 0.717) is 5.22 Å². The Bertz CT molecular complexity index is 496. The molecule has 0 bridgehead atoms. The van der Waals surface area contributed by atoms with Crippen LogP contribution in [0.1, 0.15) is 22.9 Å². The van der Waals surface area contributed by atoms with E-state index in [4.69, 9.17) is 21.9 Å². The number of benzene rings is 1. The third-order valence-electron chi connectivity index (χ3n) is 2.66. The van der Waals surface area contributed by atoms with Gasteiger partial charge >= 0.3 is 0 Å². The highest BCUT2D eigenvalue weighted by Gasteiger charge is 2.14. The van der Waals surface area contributed by atoms with Crippen LogP contribution in [0.15, 0.2) is 40.8 Å². The molecule has 1 aromatic heterocycles. The summed E-state index contributed by atoms with van der Waals surface area (Å²) in [5, 5.41) is 0.379. The molecular weight excluding hydrogens is 236 g/mol. The van der Waals surface area contributed by atoms with Gasteiger partial charge in [-0.25, -0.2) is 5.43 Å². The van der Waals surface area contributed by atoms with Gasteiger partial charge in [0.2, 0.25) is 0 Å². The second kappa shape index (κ2) is 5.36. The molecular formula is C13H15ClN2O. The van der Waals surface area contributed by atoms with Gasteiger partial charge in [0.05, 0.1) is 6.04 Å². The van der Waals surface area contributed by atoms with Gasteiger partial charge in [-0.3, -0.25) is 5.84 Å². The topological polar surface area (TPSA) is 51.2 Å². The highest BCUT2D eigenvalue weighted by Crippen LogP contribution is 2.22. The van der Waals surface area contributed by atoms with Crippen molar-refractivity contribution >= 4 is 11.6 Å². The van der Waals surface area contributed by atoms with E-state index >= 15 is 0 Å². The summed E-state index contributed by atoms with van der Waals surface area (Å²) < 4.78 is 5.36. The fourth-order valence-corrected chi connectivity index (χ4v) is 1.98. The minimum Gasteiger partial charge on any atom is -0.448 e. The largest absolute Gasteiger partial charge is 0.448 e. The molecule has 1 unspecified atom stereocenters. The van der Waals surface area contributed by atoms with Crippen LogP contribution in [-0.4, -0.2) is 0 Å². The number of hydrazine groups is 1. The van der Waals surface area contributed by atoms with Crippen LogP contribution in [0.5, 0.6) is 0 Å². The Hall–Kier alpha value is -1.29. The van der Waals surface area contributed by atoms with Crippen molar-refractivity contribution in [2.24, 2.45) is 5.84 Å². The second-order valence-electron chi connectivity index (χ2n) is 4.05. The first-order valence-electron chi connectivity index (χ1n) is 5.46. The van der Waals surface area contributed by atoms with E-state index in [9.17, 15) is 0 Å². The molecule has 1 atom stereocenters. The van der Waals surface area contributed by atoms with Crippen molar-refractivity contribution in [2.45, 2.75) is 19.4 Å². The Balaban J connectivity index is 2.15. The van der Waals surface area contributed by atoms with Gasteiger partial charge in [-0.2, -0.15) is 0 Å². The summed E-state index contributed by atoms with van der Waals surface area (Å²) in [7, 11) is 0. The molecule has 1 heterocycles. The fraction of sp³-hybridized carbons (Fsp3) is 0.231. The maximum Gasteiger partial charge on any atom is 0.193 e. The van der Waals surface area contributed by atoms with E-state index in [1.165, 1.54) is 11.1 Å². The van der Waals surface area contributed by atoms with Gasteiger partial charge in [0.25, 0.3) is 0 Å². The maximum atomic E-state index is 5.75. The SMILES string of the molecule is Cc1cccc(CC(NN)c2ccc(Cl)o2)c1. The first-order chi connectivity index (χ1) is 8.19. The average Bonchev–Trinajstić information content (AvgIpc) is 2.73. The average molecular weight is 251 g/mol. The number of rotatable bonds is 4. The number of halogens is 1. The van der Waals surface area contributed by atoms with Gasteiger partial charge in [-0.05, 0) is 42.6 Å². The summed E-state index contributed by atoms with van der Waals surface area (Å²) in [5.41, 5.74) is 5.19. The monoisotopic (exact) mass is 250 g/mol. The molecule has 0 spiro atoms. The zero-order valence-corrected chi connectivity index (χ0v) is 10.4. The molecule has 0 saturated carbocycles. The molecule has 3 nitrogen and oxygen atoms in total. The normalized spacial score (nSPS) is 12.6. The molecule has 3 N–H and O–H groups in total. The van der Waals surface area contributed by atoms with Crippen molar-refractivity contribution in [2.75, 3.05) is 0 Å². The zero-order valence-electron chi connectivity index (χ0n) is 9.61. The van der Waals surface area contributed by atoms with E-state index in [1.54, 1.807) is 6.07 Å². The molecule has 4 heteroatoms. The van der Waals surface area contributed by atoms with E-state index in [-0.39, 0.29) is 6.04 Å². The van der Waals surface area contributed by atoms with Crippen molar-refractivity contribution < 1.29 is 4.42 Å². The Labute approximate surface area is 106 Å². The van der Waals surface area contributed by atoms with Gasteiger partial charge in [0, 0.05) is 0 Å². The van der Waals surface area contributed by atoms with Crippen molar-refractivity contribution in [3.8, 4) is 0 Å². The van der Waals surface area contributed by atoms with Gasteiger partial charge in [0.1, 0.15) is 5.76 Å². The molecule has 1 aromatic carbocycles. The Morgan fingerprint density at radius 1 is 1.35 bits per heavy atom. The molecule has 2 rings (SSSR count). The van der Waals surface area contributed by atoms with Crippen molar-refractivity contribution in [3.63, 3.8) is 0 Å². The first kappa shape index (κ1) is 12.2. The molecule has 0 saturated heterocycles. The first-order valence-corrected chi connectivity index (χ1v) is 5.84. The summed E-state index contributed by atoms with van der Waals surface area (Å²) in [6.07, 6.45) is 0.766. The molecule has 2 aromatic rings. The lowest BCUT2D eigenvalue weighted by atomic mass is 10.0. The summed E-state index contributed by atoms with van der Waals surface area (Å²) in [4.78, 5) is 0. The minimum atomic E-state index is -0.0655. The van der Waals surface area contributed by atoms with Crippen LogP contribution in [0.3, 0.4) is 0 Å². The maximum absolute atomic E-state index is 5.75. The molecule has 0 amide bonds. The predicted octanol–water partition coefficient (Wildman–Crippen LogP) is 2.99. The van der Waals surface area contributed by atoms with Crippen molar-refractivity contribution in [1.29, 1.82) is 0 Å². The molecule has 0 fully saturated rings. The lowest BCUT2D eigenvalue weighted by molar-refractivity contribution is 0.417. The fourth-order valence-electron chi connectivity index (χ4n) is 1.83. The van der Waals surface area contributed by atoms with E-state index in [0.717, 1.165) is 12.2 Å². The smallest absolute Gasteiger partial charge is 0.193 e. The highest BCUT2D eigenvalue weighted by molar-refractivity contribution is 6.28. The summed E-state index contributed by atoms with van der Waals surface area (Å²) in [5.74, 6) is 6.30. The third-order valence-corrected chi connectivity index (χ3v) is 2.86. The highest BCUT2D eigenvalue weighted by atomic mass is 35.5. The number of aryl methyl sites for hydroxylation is 1. The Kier molecular flexibility index (Phi) is 3.84. The third kappa shape index (κ3) is 3.09. The van der Waals surface area contributed by atoms with Gasteiger partial charge in [0.15, 0.2) is 5.22 Å². The van der Waals surface area contributed by atoms with Gasteiger partial charge < -0.3 is 4.42 Å². The molecule has 0 aliphatic rings. The number of nitrogens with two attached hydrogens (primary N) is 1. The molecule has 0 radical (unpaired) electrons. The quantitative estimate of drug-likeness (QED) is 0.648. The standard InChI is InChI=1S/C13H15ClN2O/c1-9-3-2-4-10(7-9)8-11(16-15)12-5-6-13(14)17-12/h2-7,11,16H,8,15H2,1H3. The number of hydrogen-bond donors (Lipinski definition) is 2. The van der Waals surface area contributed by atoms with E-state index in [2.05, 4.69) is 30.5 Å². The molecule has 0 aliphatic carbocycles. The minimum absolute atomic E-state index is 0.0655. The van der Waals surface area contributed by atoms with Crippen LogP contribution < -0.4 is 11.3 Å². The Morgan fingerprint density at radius 3 is 2.76 bits per heavy atom.